The molecule has 0 saturated carbocycles. The molecule has 2 aromatic carbocycles. The van der Waals surface area contributed by atoms with Crippen molar-refractivity contribution < 1.29 is 4.79 Å². The van der Waals surface area contributed by atoms with Crippen molar-refractivity contribution in [3.63, 3.8) is 0 Å². The van der Waals surface area contributed by atoms with E-state index in [1.54, 1.807) is 7.05 Å². The molecule has 2 rings (SSSR count). The summed E-state index contributed by atoms with van der Waals surface area (Å²) in [7, 11) is 3.65. The number of benzene rings is 2. The molecule has 0 aliphatic heterocycles. The van der Waals surface area contributed by atoms with Gasteiger partial charge in [-0.05, 0) is 17.7 Å². The van der Waals surface area contributed by atoms with Crippen LogP contribution >= 0.6 is 24.0 Å². The number of halogens is 1. The molecule has 2 aromatic rings. The fraction of sp³-hybridized carbons (Fsp3) is 0.222. The number of hydrogen-bond acceptors (Lipinski definition) is 2. The molecule has 0 heterocycles. The van der Waals surface area contributed by atoms with Crippen LogP contribution in [-0.4, -0.2) is 37.4 Å². The Bertz CT molecular complexity index is 647. The highest BCUT2D eigenvalue weighted by molar-refractivity contribution is 14.0. The summed E-state index contributed by atoms with van der Waals surface area (Å²) < 4.78 is 0. The van der Waals surface area contributed by atoms with E-state index in [-0.39, 0.29) is 36.4 Å². The van der Waals surface area contributed by atoms with Crippen molar-refractivity contribution in [2.24, 2.45) is 4.99 Å². The lowest BCUT2D eigenvalue weighted by Gasteiger charge is -2.22. The van der Waals surface area contributed by atoms with Crippen molar-refractivity contribution >= 4 is 41.5 Å². The van der Waals surface area contributed by atoms with E-state index in [0.29, 0.717) is 5.96 Å². The van der Waals surface area contributed by atoms with Gasteiger partial charge in [-0.15, -0.1) is 24.0 Å². The van der Waals surface area contributed by atoms with E-state index in [2.05, 4.69) is 27.8 Å². The molecule has 0 aliphatic rings. The zero-order valence-electron chi connectivity index (χ0n) is 13.9. The maximum absolute atomic E-state index is 12.0. The molecule has 6 heteroatoms. The Balaban J connectivity index is 0.00000288. The zero-order chi connectivity index (χ0) is 16.5. The van der Waals surface area contributed by atoms with Gasteiger partial charge in [0.15, 0.2) is 5.96 Å². The lowest BCUT2D eigenvalue weighted by molar-refractivity contribution is -0.115. The second kappa shape index (κ2) is 10.6. The van der Waals surface area contributed by atoms with Gasteiger partial charge in [0.1, 0.15) is 0 Å². The van der Waals surface area contributed by atoms with E-state index in [9.17, 15) is 4.79 Å². The number of guanidine groups is 1. The number of anilines is 1. The highest BCUT2D eigenvalue weighted by atomic mass is 127. The molecular formula is C18H23IN4O. The van der Waals surface area contributed by atoms with Gasteiger partial charge >= 0.3 is 0 Å². The zero-order valence-corrected chi connectivity index (χ0v) is 16.2. The van der Waals surface area contributed by atoms with Crippen LogP contribution in [0.1, 0.15) is 5.56 Å². The Morgan fingerprint density at radius 2 is 1.62 bits per heavy atom. The van der Waals surface area contributed by atoms with Gasteiger partial charge in [0.25, 0.3) is 0 Å². The maximum atomic E-state index is 12.0. The normalized spacial score (nSPS) is 10.5. The first-order chi connectivity index (χ1) is 11.2. The Hall–Kier alpha value is -2.09. The smallest absolute Gasteiger partial charge is 0.243 e. The van der Waals surface area contributed by atoms with Gasteiger partial charge in [-0.1, -0.05) is 48.5 Å². The number of carbonyl (C=O) groups is 1. The summed E-state index contributed by atoms with van der Waals surface area (Å²) in [6, 6.07) is 19.5. The summed E-state index contributed by atoms with van der Waals surface area (Å²) >= 11 is 0. The molecular weight excluding hydrogens is 415 g/mol. The highest BCUT2D eigenvalue weighted by Gasteiger charge is 2.08. The molecule has 0 unspecified atom stereocenters. The average molecular weight is 438 g/mol. The van der Waals surface area contributed by atoms with Gasteiger partial charge in [0.05, 0.1) is 6.54 Å². The number of rotatable bonds is 5. The molecule has 0 radical (unpaired) electrons. The summed E-state index contributed by atoms with van der Waals surface area (Å²) in [6.07, 6.45) is 0. The molecule has 0 spiro atoms. The van der Waals surface area contributed by atoms with E-state index in [4.69, 9.17) is 0 Å². The third-order valence-electron chi connectivity index (χ3n) is 3.30. The van der Waals surface area contributed by atoms with Crippen LogP contribution in [0.4, 0.5) is 5.69 Å². The van der Waals surface area contributed by atoms with Crippen LogP contribution in [0.25, 0.3) is 0 Å². The third-order valence-corrected chi connectivity index (χ3v) is 3.30. The van der Waals surface area contributed by atoms with Gasteiger partial charge < -0.3 is 15.5 Å². The molecule has 2 N–H and O–H groups in total. The predicted molar refractivity (Wildman–Crippen MR) is 110 cm³/mol. The first-order valence-electron chi connectivity index (χ1n) is 7.49. The predicted octanol–water partition coefficient (Wildman–Crippen LogP) is 2.95. The summed E-state index contributed by atoms with van der Waals surface area (Å²) in [5, 5.41) is 5.91. The Morgan fingerprint density at radius 1 is 1.04 bits per heavy atom. The van der Waals surface area contributed by atoms with Crippen molar-refractivity contribution in [2.75, 3.05) is 26.0 Å². The molecule has 0 aliphatic carbocycles. The first-order valence-corrected chi connectivity index (χ1v) is 7.49. The van der Waals surface area contributed by atoms with Crippen LogP contribution in [0, 0.1) is 0 Å². The molecule has 5 nitrogen and oxygen atoms in total. The summed E-state index contributed by atoms with van der Waals surface area (Å²) in [5.74, 6) is 0.572. The molecule has 128 valence electrons. The Labute approximate surface area is 160 Å². The van der Waals surface area contributed by atoms with Gasteiger partial charge in [0, 0.05) is 26.3 Å². The molecule has 0 atom stereocenters. The standard InChI is InChI=1S/C18H22N4O.HI/c1-19-18(22(2)14-15-9-5-3-6-10-15)20-13-17(23)21-16-11-7-4-8-12-16;/h3-12H,13-14H2,1-2H3,(H,19,20)(H,21,23);1H. The number of nitrogens with one attached hydrogen (secondary N) is 2. The molecule has 0 bridgehead atoms. The minimum Gasteiger partial charge on any atom is -0.347 e. The number of aliphatic imine (C=N–C) groups is 1. The van der Waals surface area contributed by atoms with E-state index in [1.165, 1.54) is 5.56 Å². The van der Waals surface area contributed by atoms with E-state index in [1.807, 2.05) is 60.5 Å². The van der Waals surface area contributed by atoms with Gasteiger partial charge in [-0.3, -0.25) is 9.79 Å². The van der Waals surface area contributed by atoms with Crippen LogP contribution < -0.4 is 10.6 Å². The van der Waals surface area contributed by atoms with E-state index >= 15 is 0 Å². The maximum Gasteiger partial charge on any atom is 0.243 e. The lowest BCUT2D eigenvalue weighted by Crippen LogP contribution is -2.42. The summed E-state index contributed by atoms with van der Waals surface area (Å²) in [6.45, 7) is 0.890. The molecule has 24 heavy (non-hydrogen) atoms. The quantitative estimate of drug-likeness (QED) is 0.429. The molecule has 0 fully saturated rings. The molecule has 0 aromatic heterocycles. The SMILES string of the molecule is CN=C(NCC(=O)Nc1ccccc1)N(C)Cc1ccccc1.I. The molecule has 1 amide bonds. The van der Waals surface area contributed by atoms with Crippen LogP contribution in [-0.2, 0) is 11.3 Å². The Kier molecular flexibility index (Phi) is 8.85. The topological polar surface area (TPSA) is 56.7 Å². The highest BCUT2D eigenvalue weighted by Crippen LogP contribution is 2.04. The van der Waals surface area contributed by atoms with Gasteiger partial charge in [-0.2, -0.15) is 0 Å². The summed E-state index contributed by atoms with van der Waals surface area (Å²) in [5.41, 5.74) is 1.97. The third kappa shape index (κ3) is 6.57. The van der Waals surface area contributed by atoms with Crippen molar-refractivity contribution in [3.05, 3.63) is 66.2 Å². The Morgan fingerprint density at radius 3 is 2.21 bits per heavy atom. The number of nitrogens with zero attached hydrogens (tertiary/aromatic N) is 2. The number of hydrogen-bond donors (Lipinski definition) is 2. The first kappa shape index (κ1) is 20.0. The van der Waals surface area contributed by atoms with Crippen molar-refractivity contribution in [2.45, 2.75) is 6.54 Å². The van der Waals surface area contributed by atoms with E-state index in [0.717, 1.165) is 12.2 Å². The lowest BCUT2D eigenvalue weighted by atomic mass is 10.2. The van der Waals surface area contributed by atoms with Crippen LogP contribution in [0.5, 0.6) is 0 Å². The average Bonchev–Trinajstić information content (AvgIpc) is 2.57. The van der Waals surface area contributed by atoms with Crippen molar-refractivity contribution in [1.82, 2.24) is 10.2 Å². The van der Waals surface area contributed by atoms with Crippen molar-refractivity contribution in [1.29, 1.82) is 0 Å². The van der Waals surface area contributed by atoms with Crippen LogP contribution in [0.15, 0.2) is 65.7 Å². The van der Waals surface area contributed by atoms with E-state index < -0.39 is 0 Å². The minimum absolute atomic E-state index is 0. The second-order valence-corrected chi connectivity index (χ2v) is 5.16. The number of amides is 1. The van der Waals surface area contributed by atoms with Gasteiger partial charge in [0.2, 0.25) is 5.91 Å². The summed E-state index contributed by atoms with van der Waals surface area (Å²) in [4.78, 5) is 18.2. The fourth-order valence-corrected chi connectivity index (χ4v) is 2.20. The fourth-order valence-electron chi connectivity index (χ4n) is 2.20. The number of para-hydroxylation sites is 1. The van der Waals surface area contributed by atoms with Gasteiger partial charge in [-0.25, -0.2) is 0 Å². The second-order valence-electron chi connectivity index (χ2n) is 5.16. The largest absolute Gasteiger partial charge is 0.347 e. The molecule has 0 saturated heterocycles. The van der Waals surface area contributed by atoms with Crippen LogP contribution in [0.2, 0.25) is 0 Å². The number of carbonyl (C=O) groups excluding carboxylic acids is 1. The van der Waals surface area contributed by atoms with Crippen LogP contribution in [0.3, 0.4) is 0 Å². The monoisotopic (exact) mass is 438 g/mol. The van der Waals surface area contributed by atoms with Crippen molar-refractivity contribution in [3.8, 4) is 0 Å². The minimum atomic E-state index is -0.106.